The van der Waals surface area contributed by atoms with Gasteiger partial charge in [-0.25, -0.2) is 4.98 Å². The molecule has 6 heteroatoms. The Morgan fingerprint density at radius 1 is 1.44 bits per heavy atom. The van der Waals surface area contributed by atoms with Crippen LogP contribution in [0, 0.1) is 6.92 Å². The quantitative estimate of drug-likeness (QED) is 0.768. The van der Waals surface area contributed by atoms with Crippen molar-refractivity contribution >= 4 is 11.6 Å². The summed E-state index contributed by atoms with van der Waals surface area (Å²) in [4.78, 5) is 8.17. The van der Waals surface area contributed by atoms with Crippen molar-refractivity contribution < 1.29 is 4.74 Å². The second-order valence-corrected chi connectivity index (χ2v) is 3.66. The molecule has 0 atom stereocenters. The van der Waals surface area contributed by atoms with Gasteiger partial charge in [-0.2, -0.15) is 4.98 Å². The molecule has 0 radical (unpaired) electrons. The maximum Gasteiger partial charge on any atom is 0.342 e. The Morgan fingerprint density at radius 2 is 2.25 bits per heavy atom. The van der Waals surface area contributed by atoms with E-state index >= 15 is 0 Å². The zero-order chi connectivity index (χ0) is 11.5. The first kappa shape index (κ1) is 10.9. The van der Waals surface area contributed by atoms with Gasteiger partial charge in [0.2, 0.25) is 5.88 Å². The minimum atomic E-state index is 0.279. The van der Waals surface area contributed by atoms with Crippen molar-refractivity contribution in [2.24, 2.45) is 7.05 Å². The van der Waals surface area contributed by atoms with E-state index in [-0.39, 0.29) is 6.01 Å². The second kappa shape index (κ2) is 4.49. The first-order valence-electron chi connectivity index (χ1n) is 4.74. The van der Waals surface area contributed by atoms with Crippen LogP contribution in [0.25, 0.3) is 0 Å². The summed E-state index contributed by atoms with van der Waals surface area (Å²) in [5.41, 5.74) is 1.81. The molecular weight excluding hydrogens is 228 g/mol. The van der Waals surface area contributed by atoms with Crippen LogP contribution in [0.15, 0.2) is 18.5 Å². The predicted molar refractivity (Wildman–Crippen MR) is 59.6 cm³/mol. The number of hydrogen-bond donors (Lipinski definition) is 0. The average Bonchev–Trinajstić information content (AvgIpc) is 2.63. The molecule has 2 aromatic heterocycles. The molecule has 0 bridgehead atoms. The van der Waals surface area contributed by atoms with Crippen LogP contribution < -0.4 is 4.74 Å². The van der Waals surface area contributed by atoms with Crippen molar-refractivity contribution in [1.29, 1.82) is 0 Å². The van der Waals surface area contributed by atoms with Crippen LogP contribution in [-0.4, -0.2) is 19.7 Å². The van der Waals surface area contributed by atoms with Crippen molar-refractivity contribution in [2.75, 3.05) is 0 Å². The van der Waals surface area contributed by atoms with E-state index in [1.165, 1.54) is 0 Å². The van der Waals surface area contributed by atoms with Crippen molar-refractivity contribution in [3.8, 4) is 11.9 Å². The minimum absolute atomic E-state index is 0.279. The van der Waals surface area contributed by atoms with E-state index in [2.05, 4.69) is 15.1 Å². The predicted octanol–water partition coefficient (Wildman–Crippen LogP) is 2.05. The van der Waals surface area contributed by atoms with Crippen molar-refractivity contribution in [1.82, 2.24) is 19.7 Å². The standard InChI is InChI=1S/C10H11ClN4O/c1-7-3-8(5-11)4-9(13-7)16-10-12-6-15(2)14-10/h3-4,6H,5H2,1-2H3. The third-order valence-corrected chi connectivity index (χ3v) is 2.23. The van der Waals surface area contributed by atoms with Gasteiger partial charge in [0.1, 0.15) is 6.33 Å². The Hall–Kier alpha value is -1.62. The minimum Gasteiger partial charge on any atom is -0.404 e. The molecule has 0 spiro atoms. The molecule has 84 valence electrons. The topological polar surface area (TPSA) is 52.8 Å². The van der Waals surface area contributed by atoms with E-state index in [4.69, 9.17) is 16.3 Å². The first-order valence-corrected chi connectivity index (χ1v) is 5.28. The normalized spacial score (nSPS) is 10.4. The molecule has 0 aliphatic carbocycles. The largest absolute Gasteiger partial charge is 0.404 e. The van der Waals surface area contributed by atoms with E-state index in [0.717, 1.165) is 11.3 Å². The van der Waals surface area contributed by atoms with Gasteiger partial charge in [-0.1, -0.05) is 0 Å². The van der Waals surface area contributed by atoms with Crippen LogP contribution in [-0.2, 0) is 12.9 Å². The number of nitrogens with zero attached hydrogens (tertiary/aromatic N) is 4. The van der Waals surface area contributed by atoms with Crippen LogP contribution >= 0.6 is 11.6 Å². The number of alkyl halides is 1. The number of pyridine rings is 1. The fraction of sp³-hybridized carbons (Fsp3) is 0.300. The van der Waals surface area contributed by atoms with Gasteiger partial charge >= 0.3 is 6.01 Å². The highest BCUT2D eigenvalue weighted by Gasteiger charge is 2.05. The summed E-state index contributed by atoms with van der Waals surface area (Å²) in [5, 5.41) is 4.00. The Bertz CT molecular complexity index is 497. The maximum absolute atomic E-state index is 5.76. The Labute approximate surface area is 98.0 Å². The fourth-order valence-electron chi connectivity index (χ4n) is 1.30. The van der Waals surface area contributed by atoms with Crippen LogP contribution in [0.1, 0.15) is 11.3 Å². The maximum atomic E-state index is 5.76. The Kier molecular flexibility index (Phi) is 3.05. The number of halogens is 1. The first-order chi connectivity index (χ1) is 7.67. The van der Waals surface area contributed by atoms with E-state index in [1.807, 2.05) is 13.0 Å². The van der Waals surface area contributed by atoms with Crippen molar-refractivity contribution in [3.63, 3.8) is 0 Å². The Balaban J connectivity index is 2.24. The van der Waals surface area contributed by atoms with Gasteiger partial charge in [-0.05, 0) is 18.6 Å². The zero-order valence-corrected chi connectivity index (χ0v) is 9.77. The molecule has 2 rings (SSSR count). The molecule has 16 heavy (non-hydrogen) atoms. The smallest absolute Gasteiger partial charge is 0.342 e. The van der Waals surface area contributed by atoms with Gasteiger partial charge in [0, 0.05) is 24.7 Å². The fourth-order valence-corrected chi connectivity index (χ4v) is 1.45. The summed E-state index contributed by atoms with van der Waals surface area (Å²) in [6, 6.07) is 3.96. The van der Waals surface area contributed by atoms with Crippen LogP contribution in [0.4, 0.5) is 0 Å². The van der Waals surface area contributed by atoms with Crippen molar-refractivity contribution in [2.45, 2.75) is 12.8 Å². The summed E-state index contributed by atoms with van der Waals surface area (Å²) >= 11 is 5.76. The molecule has 0 aromatic carbocycles. The monoisotopic (exact) mass is 238 g/mol. The van der Waals surface area contributed by atoms with Gasteiger partial charge < -0.3 is 4.74 Å². The average molecular weight is 239 g/mol. The molecule has 0 aliphatic heterocycles. The molecule has 0 amide bonds. The molecule has 0 saturated heterocycles. The lowest BCUT2D eigenvalue weighted by molar-refractivity contribution is 0.421. The number of aromatic nitrogens is 4. The van der Waals surface area contributed by atoms with Gasteiger partial charge in [-0.3, -0.25) is 4.68 Å². The lowest BCUT2D eigenvalue weighted by atomic mass is 10.2. The van der Waals surface area contributed by atoms with Gasteiger partial charge in [0.15, 0.2) is 0 Å². The highest BCUT2D eigenvalue weighted by molar-refractivity contribution is 6.17. The molecule has 2 heterocycles. The number of rotatable bonds is 3. The van der Waals surface area contributed by atoms with Crippen molar-refractivity contribution in [3.05, 3.63) is 29.7 Å². The lowest BCUT2D eigenvalue weighted by Gasteiger charge is -2.03. The molecule has 2 aromatic rings. The van der Waals surface area contributed by atoms with Crippen LogP contribution in [0.2, 0.25) is 0 Å². The number of ether oxygens (including phenoxy) is 1. The highest BCUT2D eigenvalue weighted by Crippen LogP contribution is 2.18. The summed E-state index contributed by atoms with van der Waals surface area (Å²) in [5.74, 6) is 0.886. The zero-order valence-electron chi connectivity index (χ0n) is 9.01. The summed E-state index contributed by atoms with van der Waals surface area (Å²) in [7, 11) is 1.77. The molecule has 0 saturated carbocycles. The third-order valence-electron chi connectivity index (χ3n) is 1.92. The highest BCUT2D eigenvalue weighted by atomic mass is 35.5. The second-order valence-electron chi connectivity index (χ2n) is 3.39. The van der Waals surface area contributed by atoms with E-state index in [1.54, 1.807) is 24.1 Å². The van der Waals surface area contributed by atoms with Gasteiger partial charge in [0.25, 0.3) is 0 Å². The van der Waals surface area contributed by atoms with E-state index in [9.17, 15) is 0 Å². The molecule has 5 nitrogen and oxygen atoms in total. The van der Waals surface area contributed by atoms with E-state index < -0.39 is 0 Å². The van der Waals surface area contributed by atoms with E-state index in [0.29, 0.717) is 11.8 Å². The summed E-state index contributed by atoms with van der Waals surface area (Å²) in [6.45, 7) is 1.88. The molecule has 0 fully saturated rings. The number of hydrogen-bond acceptors (Lipinski definition) is 4. The summed E-state index contributed by atoms with van der Waals surface area (Å²) < 4.78 is 6.97. The molecule has 0 aliphatic rings. The van der Waals surface area contributed by atoms with Crippen LogP contribution in [0.5, 0.6) is 11.9 Å². The van der Waals surface area contributed by atoms with Crippen LogP contribution in [0.3, 0.4) is 0 Å². The summed E-state index contributed by atoms with van der Waals surface area (Å²) in [6.07, 6.45) is 1.56. The lowest BCUT2D eigenvalue weighted by Crippen LogP contribution is -1.94. The van der Waals surface area contributed by atoms with Gasteiger partial charge in [-0.15, -0.1) is 16.7 Å². The Morgan fingerprint density at radius 3 is 2.88 bits per heavy atom. The molecule has 0 unspecified atom stereocenters. The van der Waals surface area contributed by atoms with Gasteiger partial charge in [0.05, 0.1) is 0 Å². The number of aryl methyl sites for hydroxylation is 2. The molecule has 0 N–H and O–H groups in total. The third kappa shape index (κ3) is 2.49. The molecular formula is C10H11ClN4O. The SMILES string of the molecule is Cc1cc(CCl)cc(Oc2ncn(C)n2)n1.